The topological polar surface area (TPSA) is 57.6 Å². The molecule has 1 aliphatic carbocycles. The second-order valence-corrected chi connectivity index (χ2v) is 6.25. The van der Waals surface area contributed by atoms with E-state index in [9.17, 15) is 9.59 Å². The molecule has 108 valence electrons. The third-order valence-electron chi connectivity index (χ3n) is 3.48. The molecule has 0 spiro atoms. The summed E-state index contributed by atoms with van der Waals surface area (Å²) in [5, 5.41) is 8.98. The van der Waals surface area contributed by atoms with Crippen molar-refractivity contribution in [3.8, 4) is 0 Å². The molecule has 2 aromatic rings. The Labute approximate surface area is 126 Å². The van der Waals surface area contributed by atoms with Crippen molar-refractivity contribution in [1.29, 1.82) is 0 Å². The van der Waals surface area contributed by atoms with E-state index < -0.39 is 5.97 Å². The first-order chi connectivity index (χ1) is 10.1. The van der Waals surface area contributed by atoms with Gasteiger partial charge in [0.15, 0.2) is 0 Å². The molecule has 0 unspecified atom stereocenters. The third kappa shape index (κ3) is 3.13. The van der Waals surface area contributed by atoms with Crippen molar-refractivity contribution in [3.05, 3.63) is 52.2 Å². The standard InChI is InChI=1S/C16H15NO3S/c18-15(13-8-9-14(21-13)16(19)20)17(10-11-6-7-11)12-4-2-1-3-5-12/h1-5,8-9,11H,6-7,10H2,(H,19,20). The molecule has 1 aliphatic rings. The van der Waals surface area contributed by atoms with Crippen LogP contribution in [0, 0.1) is 5.92 Å². The molecule has 1 N–H and O–H groups in total. The highest BCUT2D eigenvalue weighted by molar-refractivity contribution is 7.16. The summed E-state index contributed by atoms with van der Waals surface area (Å²) < 4.78 is 0. The van der Waals surface area contributed by atoms with Gasteiger partial charge in [-0.05, 0) is 43.0 Å². The molecule has 4 nitrogen and oxygen atoms in total. The molecule has 1 amide bonds. The minimum Gasteiger partial charge on any atom is -0.477 e. The molecule has 3 rings (SSSR count). The fourth-order valence-electron chi connectivity index (χ4n) is 2.17. The van der Waals surface area contributed by atoms with Crippen LogP contribution in [0.1, 0.15) is 32.2 Å². The smallest absolute Gasteiger partial charge is 0.345 e. The second kappa shape index (κ2) is 5.69. The number of thiophene rings is 1. The van der Waals surface area contributed by atoms with E-state index in [0.717, 1.165) is 29.9 Å². The van der Waals surface area contributed by atoms with Crippen LogP contribution in [-0.2, 0) is 0 Å². The summed E-state index contributed by atoms with van der Waals surface area (Å²) in [6, 6.07) is 12.6. The summed E-state index contributed by atoms with van der Waals surface area (Å²) in [7, 11) is 0. The van der Waals surface area contributed by atoms with Gasteiger partial charge < -0.3 is 10.0 Å². The van der Waals surface area contributed by atoms with E-state index in [2.05, 4.69) is 0 Å². The molecular formula is C16H15NO3S. The number of carboxylic acid groups (broad SMARTS) is 1. The number of para-hydroxylation sites is 1. The quantitative estimate of drug-likeness (QED) is 0.919. The van der Waals surface area contributed by atoms with Gasteiger partial charge in [0.2, 0.25) is 0 Å². The second-order valence-electron chi connectivity index (χ2n) is 5.16. The lowest BCUT2D eigenvalue weighted by atomic mass is 10.2. The molecule has 1 saturated carbocycles. The lowest BCUT2D eigenvalue weighted by Crippen LogP contribution is -2.32. The molecule has 0 bridgehead atoms. The van der Waals surface area contributed by atoms with Gasteiger partial charge in [0, 0.05) is 12.2 Å². The van der Waals surface area contributed by atoms with Gasteiger partial charge in [0.05, 0.1) is 4.88 Å². The number of rotatable bonds is 5. The molecule has 21 heavy (non-hydrogen) atoms. The van der Waals surface area contributed by atoms with Crippen LogP contribution >= 0.6 is 11.3 Å². The van der Waals surface area contributed by atoms with Crippen LogP contribution < -0.4 is 4.90 Å². The largest absolute Gasteiger partial charge is 0.477 e. The number of nitrogens with zero attached hydrogens (tertiary/aromatic N) is 1. The highest BCUT2D eigenvalue weighted by Gasteiger charge is 2.29. The van der Waals surface area contributed by atoms with E-state index in [1.165, 1.54) is 6.07 Å². The van der Waals surface area contributed by atoms with Crippen molar-refractivity contribution in [1.82, 2.24) is 0 Å². The van der Waals surface area contributed by atoms with Gasteiger partial charge in [-0.25, -0.2) is 4.79 Å². The van der Waals surface area contributed by atoms with Crippen molar-refractivity contribution in [2.45, 2.75) is 12.8 Å². The van der Waals surface area contributed by atoms with Gasteiger partial charge in [-0.3, -0.25) is 4.79 Å². The normalized spacial score (nSPS) is 13.9. The number of hydrogen-bond acceptors (Lipinski definition) is 3. The molecule has 0 radical (unpaired) electrons. The lowest BCUT2D eigenvalue weighted by Gasteiger charge is -2.22. The molecule has 1 aromatic carbocycles. The van der Waals surface area contributed by atoms with Gasteiger partial charge in [0.1, 0.15) is 4.88 Å². The monoisotopic (exact) mass is 301 g/mol. The summed E-state index contributed by atoms with van der Waals surface area (Å²) in [6.45, 7) is 0.698. The number of benzene rings is 1. The number of carbonyl (C=O) groups is 2. The van der Waals surface area contributed by atoms with E-state index in [-0.39, 0.29) is 10.8 Å². The SMILES string of the molecule is O=C(O)c1ccc(C(=O)N(CC2CC2)c2ccccc2)s1. The van der Waals surface area contributed by atoms with Crippen molar-refractivity contribution in [3.63, 3.8) is 0 Å². The van der Waals surface area contributed by atoms with E-state index in [1.807, 2.05) is 30.3 Å². The van der Waals surface area contributed by atoms with Crippen LogP contribution in [0.15, 0.2) is 42.5 Å². The number of carbonyl (C=O) groups excluding carboxylic acids is 1. The summed E-state index contributed by atoms with van der Waals surface area (Å²) in [6.07, 6.45) is 2.31. The van der Waals surface area contributed by atoms with Gasteiger partial charge in [-0.2, -0.15) is 0 Å². The van der Waals surface area contributed by atoms with E-state index in [0.29, 0.717) is 17.3 Å². The first-order valence-corrected chi connectivity index (χ1v) is 7.67. The van der Waals surface area contributed by atoms with Crippen molar-refractivity contribution in [2.75, 3.05) is 11.4 Å². The van der Waals surface area contributed by atoms with Crippen molar-refractivity contribution in [2.24, 2.45) is 5.92 Å². The zero-order chi connectivity index (χ0) is 14.8. The zero-order valence-corrected chi connectivity index (χ0v) is 12.2. The Hall–Kier alpha value is -2.14. The molecule has 1 heterocycles. The highest BCUT2D eigenvalue weighted by Crippen LogP contribution is 2.32. The van der Waals surface area contributed by atoms with Crippen LogP contribution in [0.2, 0.25) is 0 Å². The van der Waals surface area contributed by atoms with Crippen molar-refractivity contribution < 1.29 is 14.7 Å². The summed E-state index contributed by atoms with van der Waals surface area (Å²) in [5.74, 6) is -0.550. The summed E-state index contributed by atoms with van der Waals surface area (Å²) >= 11 is 1.03. The predicted molar refractivity (Wildman–Crippen MR) is 82.1 cm³/mol. The Kier molecular flexibility index (Phi) is 3.75. The molecule has 0 saturated heterocycles. The lowest BCUT2D eigenvalue weighted by molar-refractivity contribution is 0.0702. The van der Waals surface area contributed by atoms with Crippen LogP contribution in [0.3, 0.4) is 0 Å². The summed E-state index contributed by atoms with van der Waals surface area (Å²) in [4.78, 5) is 26.1. The Bertz CT molecular complexity index is 661. The minimum atomic E-state index is -0.993. The summed E-state index contributed by atoms with van der Waals surface area (Å²) in [5.41, 5.74) is 0.861. The average molecular weight is 301 g/mol. The van der Waals surface area contributed by atoms with E-state index in [1.54, 1.807) is 11.0 Å². The predicted octanol–water partition coefficient (Wildman–Crippen LogP) is 3.50. The number of aromatic carboxylic acids is 1. The van der Waals surface area contributed by atoms with Gasteiger partial charge in [0.25, 0.3) is 5.91 Å². The number of carboxylic acids is 1. The fraction of sp³-hybridized carbons (Fsp3) is 0.250. The fourth-order valence-corrected chi connectivity index (χ4v) is 2.97. The maximum atomic E-state index is 12.7. The number of amides is 1. The third-order valence-corrected chi connectivity index (χ3v) is 4.54. The maximum Gasteiger partial charge on any atom is 0.345 e. The Morgan fingerprint density at radius 1 is 1.10 bits per heavy atom. The highest BCUT2D eigenvalue weighted by atomic mass is 32.1. The molecular weight excluding hydrogens is 286 g/mol. The molecule has 1 aromatic heterocycles. The van der Waals surface area contributed by atoms with Crippen LogP contribution in [0.25, 0.3) is 0 Å². The van der Waals surface area contributed by atoms with E-state index >= 15 is 0 Å². The maximum absolute atomic E-state index is 12.7. The van der Waals surface area contributed by atoms with Crippen LogP contribution in [0.5, 0.6) is 0 Å². The van der Waals surface area contributed by atoms with Gasteiger partial charge in [-0.1, -0.05) is 18.2 Å². The van der Waals surface area contributed by atoms with Crippen molar-refractivity contribution >= 4 is 28.9 Å². The minimum absolute atomic E-state index is 0.120. The average Bonchev–Trinajstić information content (AvgIpc) is 3.17. The Morgan fingerprint density at radius 3 is 2.33 bits per heavy atom. The first kappa shape index (κ1) is 13.8. The zero-order valence-electron chi connectivity index (χ0n) is 11.4. The molecule has 5 heteroatoms. The van der Waals surface area contributed by atoms with Crippen LogP contribution in [-0.4, -0.2) is 23.5 Å². The molecule has 0 aliphatic heterocycles. The molecule has 1 fully saturated rings. The number of anilines is 1. The number of hydrogen-bond donors (Lipinski definition) is 1. The van der Waals surface area contributed by atoms with Crippen LogP contribution in [0.4, 0.5) is 5.69 Å². The van der Waals surface area contributed by atoms with E-state index in [4.69, 9.17) is 5.11 Å². The first-order valence-electron chi connectivity index (χ1n) is 6.85. The molecule has 0 atom stereocenters. The Balaban J connectivity index is 1.87. The Morgan fingerprint density at radius 2 is 1.76 bits per heavy atom. The van der Waals surface area contributed by atoms with Gasteiger partial charge >= 0.3 is 5.97 Å². The van der Waals surface area contributed by atoms with Gasteiger partial charge in [-0.15, -0.1) is 11.3 Å².